The normalized spacial score (nSPS) is 14.5. The van der Waals surface area contributed by atoms with Crippen molar-refractivity contribution in [1.82, 2.24) is 5.32 Å². The van der Waals surface area contributed by atoms with Gasteiger partial charge in [0.1, 0.15) is 12.2 Å². The number of methoxy groups -OCH3 is 1. The number of anilines is 1. The van der Waals surface area contributed by atoms with Crippen LogP contribution in [0.15, 0.2) is 64.6 Å². The first-order chi connectivity index (χ1) is 18.1. The van der Waals surface area contributed by atoms with Gasteiger partial charge in [0.05, 0.1) is 17.7 Å². The number of non-ortho nitro benzene ring substituents is 1. The summed E-state index contributed by atoms with van der Waals surface area (Å²) in [4.78, 5) is 50.0. The van der Waals surface area contributed by atoms with Crippen LogP contribution in [-0.4, -0.2) is 29.9 Å². The van der Waals surface area contributed by atoms with Crippen LogP contribution in [0.25, 0.3) is 6.08 Å². The van der Waals surface area contributed by atoms with Crippen molar-refractivity contribution in [3.8, 4) is 11.5 Å². The monoisotopic (exact) mass is 579 g/mol. The molecule has 1 aliphatic heterocycles. The zero-order chi connectivity index (χ0) is 27.6. The Morgan fingerprint density at radius 3 is 2.39 bits per heavy atom. The van der Waals surface area contributed by atoms with Crippen LogP contribution in [0.4, 0.5) is 16.2 Å². The minimum absolute atomic E-state index is 0.0405. The highest BCUT2D eigenvalue weighted by Gasteiger charge is 2.37. The molecule has 1 aliphatic rings. The predicted molar refractivity (Wildman–Crippen MR) is 143 cm³/mol. The van der Waals surface area contributed by atoms with Crippen molar-refractivity contribution in [3.63, 3.8) is 0 Å². The van der Waals surface area contributed by atoms with Gasteiger partial charge in [-0.15, -0.1) is 0 Å². The number of nitrogens with one attached hydrogen (secondary N) is 1. The van der Waals surface area contributed by atoms with E-state index in [9.17, 15) is 24.5 Å². The molecule has 0 bridgehead atoms. The zero-order valence-corrected chi connectivity index (χ0v) is 22.2. The van der Waals surface area contributed by atoms with Gasteiger partial charge < -0.3 is 9.47 Å². The van der Waals surface area contributed by atoms with E-state index in [1.807, 2.05) is 19.9 Å². The maximum atomic E-state index is 13.3. The largest absolute Gasteiger partial charge is 0.493 e. The van der Waals surface area contributed by atoms with Crippen LogP contribution in [0.1, 0.15) is 22.3 Å². The maximum Gasteiger partial charge on any atom is 0.335 e. The summed E-state index contributed by atoms with van der Waals surface area (Å²) in [7, 11) is 1.43. The number of urea groups is 1. The Labute approximate surface area is 226 Å². The van der Waals surface area contributed by atoms with Gasteiger partial charge in [0.2, 0.25) is 0 Å². The van der Waals surface area contributed by atoms with Gasteiger partial charge in [0.25, 0.3) is 17.5 Å². The predicted octanol–water partition coefficient (Wildman–Crippen LogP) is 5.23. The summed E-state index contributed by atoms with van der Waals surface area (Å²) >= 11 is 3.43. The van der Waals surface area contributed by atoms with Gasteiger partial charge in [0, 0.05) is 16.6 Å². The first kappa shape index (κ1) is 26.6. The number of nitro groups is 1. The molecular formula is C27H22BrN3O7. The maximum absolute atomic E-state index is 13.3. The van der Waals surface area contributed by atoms with E-state index in [4.69, 9.17) is 9.47 Å². The van der Waals surface area contributed by atoms with Crippen LogP contribution >= 0.6 is 15.9 Å². The molecule has 1 heterocycles. The summed E-state index contributed by atoms with van der Waals surface area (Å²) in [6.07, 6.45) is 1.36. The third-order valence-electron chi connectivity index (χ3n) is 5.66. The molecule has 1 saturated heterocycles. The minimum atomic E-state index is -0.830. The molecule has 11 heteroatoms. The number of aryl methyl sites for hydroxylation is 2. The number of hydrogen-bond donors (Lipinski definition) is 1. The molecule has 1 fully saturated rings. The Kier molecular flexibility index (Phi) is 7.58. The van der Waals surface area contributed by atoms with Crippen molar-refractivity contribution in [2.75, 3.05) is 12.0 Å². The summed E-state index contributed by atoms with van der Waals surface area (Å²) in [5.41, 5.74) is 2.79. The van der Waals surface area contributed by atoms with E-state index in [1.54, 1.807) is 36.4 Å². The average Bonchev–Trinajstić information content (AvgIpc) is 2.85. The second-order valence-electron chi connectivity index (χ2n) is 8.54. The van der Waals surface area contributed by atoms with Gasteiger partial charge >= 0.3 is 6.03 Å². The Bertz CT molecular complexity index is 1500. The lowest BCUT2D eigenvalue weighted by molar-refractivity contribution is -0.384. The number of amides is 4. The van der Waals surface area contributed by atoms with Crippen LogP contribution in [-0.2, 0) is 16.2 Å². The van der Waals surface area contributed by atoms with Gasteiger partial charge in [-0.05, 0) is 66.4 Å². The second-order valence-corrected chi connectivity index (χ2v) is 9.40. The van der Waals surface area contributed by atoms with E-state index < -0.39 is 22.8 Å². The van der Waals surface area contributed by atoms with Crippen molar-refractivity contribution in [3.05, 3.63) is 97.0 Å². The van der Waals surface area contributed by atoms with Gasteiger partial charge in [-0.25, -0.2) is 9.69 Å². The fourth-order valence-electron chi connectivity index (χ4n) is 3.98. The molecule has 1 N–H and O–H groups in total. The molecular weight excluding hydrogens is 558 g/mol. The Morgan fingerprint density at radius 1 is 1.03 bits per heavy atom. The number of benzene rings is 3. The number of hydrogen-bond acceptors (Lipinski definition) is 7. The van der Waals surface area contributed by atoms with E-state index in [1.165, 1.54) is 25.3 Å². The number of rotatable bonds is 7. The molecule has 4 rings (SSSR count). The Morgan fingerprint density at radius 2 is 1.74 bits per heavy atom. The number of halogens is 1. The third-order valence-corrected chi connectivity index (χ3v) is 6.35. The number of barbiturate groups is 1. The molecule has 38 heavy (non-hydrogen) atoms. The first-order valence-corrected chi connectivity index (χ1v) is 12.1. The zero-order valence-electron chi connectivity index (χ0n) is 20.6. The van der Waals surface area contributed by atoms with Gasteiger partial charge in [-0.1, -0.05) is 34.1 Å². The van der Waals surface area contributed by atoms with Crippen molar-refractivity contribution in [2.45, 2.75) is 20.5 Å². The number of nitrogens with zero attached hydrogens (tertiary/aromatic N) is 2. The lowest BCUT2D eigenvalue weighted by atomic mass is 10.0. The highest BCUT2D eigenvalue weighted by molar-refractivity contribution is 9.10. The molecule has 3 aromatic rings. The molecule has 0 atom stereocenters. The highest BCUT2D eigenvalue weighted by Crippen LogP contribution is 2.36. The van der Waals surface area contributed by atoms with Crippen molar-refractivity contribution in [1.29, 1.82) is 0 Å². The number of ether oxygens (including phenoxy) is 2. The Balaban J connectivity index is 1.64. The molecule has 0 aromatic heterocycles. The highest BCUT2D eigenvalue weighted by atomic mass is 79.9. The van der Waals surface area contributed by atoms with E-state index >= 15 is 0 Å². The van der Waals surface area contributed by atoms with Crippen LogP contribution in [0.2, 0.25) is 0 Å². The molecule has 3 aromatic carbocycles. The summed E-state index contributed by atoms with van der Waals surface area (Å²) in [5, 5.41) is 13.2. The molecule has 0 unspecified atom stereocenters. The van der Waals surface area contributed by atoms with Crippen LogP contribution in [0.3, 0.4) is 0 Å². The van der Waals surface area contributed by atoms with Crippen LogP contribution in [0, 0.1) is 24.0 Å². The summed E-state index contributed by atoms with van der Waals surface area (Å²) < 4.78 is 11.7. The summed E-state index contributed by atoms with van der Waals surface area (Å²) in [5.74, 6) is -0.950. The minimum Gasteiger partial charge on any atom is -0.493 e. The van der Waals surface area contributed by atoms with E-state index in [0.29, 0.717) is 32.8 Å². The number of carbonyl (C=O) groups is 3. The molecule has 10 nitrogen and oxygen atoms in total. The summed E-state index contributed by atoms with van der Waals surface area (Å²) in [6.45, 7) is 3.73. The standard InChI is InChI=1S/C27H22BrN3O7/c1-15-7-16(2)9-20(8-15)30-26(33)21(25(32)29-27(30)34)11-18-12-23(37-3)24(13-22(18)28)38-14-17-5-4-6-19(10-17)31(35)36/h4-13H,14H2,1-3H3,(H,29,32,34)/b21-11+. The van der Waals surface area contributed by atoms with Gasteiger partial charge in [-0.2, -0.15) is 0 Å². The number of carbonyl (C=O) groups excluding carboxylic acids is 3. The van der Waals surface area contributed by atoms with Crippen molar-refractivity contribution < 1.29 is 28.8 Å². The lowest BCUT2D eigenvalue weighted by Crippen LogP contribution is -2.54. The summed E-state index contributed by atoms with van der Waals surface area (Å²) in [6, 6.07) is 13.7. The Hall–Kier alpha value is -4.51. The number of imide groups is 2. The smallest absolute Gasteiger partial charge is 0.335 e. The van der Waals surface area contributed by atoms with Gasteiger partial charge in [0.15, 0.2) is 11.5 Å². The molecule has 0 radical (unpaired) electrons. The van der Waals surface area contributed by atoms with E-state index in [2.05, 4.69) is 21.2 Å². The first-order valence-electron chi connectivity index (χ1n) is 11.3. The number of nitro benzene ring substituents is 1. The third kappa shape index (κ3) is 5.57. The second kappa shape index (κ2) is 10.9. The molecule has 0 aliphatic carbocycles. The lowest BCUT2D eigenvalue weighted by Gasteiger charge is -2.27. The quantitative estimate of drug-likeness (QED) is 0.176. The van der Waals surface area contributed by atoms with Gasteiger partial charge in [-0.3, -0.25) is 25.0 Å². The molecule has 0 spiro atoms. The molecule has 0 saturated carbocycles. The van der Waals surface area contributed by atoms with Crippen molar-refractivity contribution in [2.24, 2.45) is 0 Å². The van der Waals surface area contributed by atoms with Crippen molar-refractivity contribution >= 4 is 51.2 Å². The fourth-order valence-corrected chi connectivity index (χ4v) is 4.42. The fraction of sp³-hybridized carbons (Fsp3) is 0.148. The molecule has 194 valence electrons. The topological polar surface area (TPSA) is 128 Å². The van der Waals surface area contributed by atoms with E-state index in [0.717, 1.165) is 16.0 Å². The van der Waals surface area contributed by atoms with Crippen LogP contribution in [0.5, 0.6) is 11.5 Å². The SMILES string of the molecule is COc1cc(/C=C2\C(=O)NC(=O)N(c3cc(C)cc(C)c3)C2=O)c(Br)cc1OCc1cccc([N+](=O)[O-])c1. The average molecular weight is 580 g/mol. The van der Waals surface area contributed by atoms with E-state index in [-0.39, 0.29) is 17.9 Å². The van der Waals surface area contributed by atoms with Crippen LogP contribution < -0.4 is 19.7 Å². The molecule has 4 amide bonds.